The van der Waals surface area contributed by atoms with E-state index >= 15 is 0 Å². The van der Waals surface area contributed by atoms with E-state index in [0.717, 1.165) is 49.3 Å². The van der Waals surface area contributed by atoms with E-state index in [1.807, 2.05) is 86.6 Å². The molecule has 0 saturated heterocycles. The van der Waals surface area contributed by atoms with Crippen molar-refractivity contribution in [2.45, 2.75) is 13.8 Å². The molecule has 0 atom stereocenters. The topological polar surface area (TPSA) is 178 Å². The van der Waals surface area contributed by atoms with E-state index in [9.17, 15) is 40.9 Å². The summed E-state index contributed by atoms with van der Waals surface area (Å²) in [4.78, 5) is 3.44. The summed E-state index contributed by atoms with van der Waals surface area (Å²) in [6.07, 6.45) is 0. The average Bonchev–Trinajstić information content (AvgIpc) is 3.55. The molecule has 0 spiro atoms. The molecule has 0 amide bonds. The number of hydrogen-bond acceptors (Lipinski definition) is 8. The average molecular weight is 702 g/mol. The molecule has 0 aliphatic rings. The van der Waals surface area contributed by atoms with Crippen molar-refractivity contribution in [2.75, 3.05) is 0 Å². The Labute approximate surface area is 300 Å². The summed E-state index contributed by atoms with van der Waals surface area (Å²) in [6.45, 7) is 3.89. The summed E-state index contributed by atoms with van der Waals surface area (Å²) in [6, 6.07) is 30.3. The van der Waals surface area contributed by atoms with Gasteiger partial charge in [0.1, 0.15) is 0 Å². The fourth-order valence-corrected chi connectivity index (χ4v) is 7.97. The van der Waals surface area contributed by atoms with Crippen LogP contribution in [0.4, 0.5) is 0 Å². The summed E-state index contributed by atoms with van der Waals surface area (Å²) >= 11 is 0. The van der Waals surface area contributed by atoms with Gasteiger partial charge in [0.25, 0.3) is 0 Å². The van der Waals surface area contributed by atoms with Gasteiger partial charge in [-0.1, -0.05) is 78.9 Å². The predicted molar refractivity (Wildman–Crippen MR) is 207 cm³/mol. The first kappa shape index (κ1) is 31.7. The molecule has 9 heteroatoms. The zero-order valence-corrected chi connectivity index (χ0v) is 28.3. The SMILES string of the molecule is Cc1ccccc1-c1cc(-c2c3c(O)c(O)c(O)c(O)c3c(-c3ccc4c(c3)[nH]c3ccc5ccccc5c34)c3c(O)c(O)c(O)c(O)c23)ccc1C. The number of phenols is 8. The number of aryl methyl sites for hydroxylation is 2. The summed E-state index contributed by atoms with van der Waals surface area (Å²) in [5, 5.41) is 93.8. The summed E-state index contributed by atoms with van der Waals surface area (Å²) in [7, 11) is 0. The highest BCUT2D eigenvalue weighted by Crippen LogP contribution is 2.62. The van der Waals surface area contributed by atoms with Crippen LogP contribution in [0.1, 0.15) is 11.1 Å². The second-order valence-electron chi connectivity index (χ2n) is 13.5. The zero-order chi connectivity index (χ0) is 37.0. The quantitative estimate of drug-likeness (QED) is 0.0496. The first-order chi connectivity index (χ1) is 25.5. The fraction of sp³-hybridized carbons (Fsp3) is 0.0455. The number of hydrogen-bond donors (Lipinski definition) is 9. The lowest BCUT2D eigenvalue weighted by atomic mass is 9.82. The van der Waals surface area contributed by atoms with E-state index < -0.39 is 46.0 Å². The molecule has 9 nitrogen and oxygen atoms in total. The van der Waals surface area contributed by atoms with Crippen molar-refractivity contribution in [1.82, 2.24) is 4.98 Å². The molecule has 8 aromatic carbocycles. The largest absolute Gasteiger partial charge is 0.504 e. The van der Waals surface area contributed by atoms with E-state index in [-0.39, 0.29) is 32.7 Å². The number of aromatic amines is 1. The molecule has 0 unspecified atom stereocenters. The Bertz CT molecular complexity index is 2990. The molecule has 9 rings (SSSR count). The van der Waals surface area contributed by atoms with Gasteiger partial charge in [-0.3, -0.25) is 0 Å². The van der Waals surface area contributed by atoms with Crippen LogP contribution >= 0.6 is 0 Å². The van der Waals surface area contributed by atoms with Crippen LogP contribution in [0.3, 0.4) is 0 Å². The molecule has 260 valence electrons. The molecule has 0 bridgehead atoms. The van der Waals surface area contributed by atoms with Gasteiger partial charge in [-0.05, 0) is 76.2 Å². The summed E-state index contributed by atoms with van der Waals surface area (Å²) in [5.74, 6) is -7.36. The molecule has 0 radical (unpaired) electrons. The minimum atomic E-state index is -1.02. The maximum absolute atomic E-state index is 11.7. The van der Waals surface area contributed by atoms with Gasteiger partial charge in [0, 0.05) is 54.5 Å². The Morgan fingerprint density at radius 2 is 0.887 bits per heavy atom. The molecular weight excluding hydrogens is 670 g/mol. The first-order valence-corrected chi connectivity index (χ1v) is 16.8. The number of aromatic nitrogens is 1. The van der Waals surface area contributed by atoms with E-state index in [1.54, 1.807) is 24.3 Å². The Morgan fingerprint density at radius 1 is 0.377 bits per heavy atom. The monoisotopic (exact) mass is 701 g/mol. The van der Waals surface area contributed by atoms with Crippen LogP contribution in [-0.2, 0) is 0 Å². The van der Waals surface area contributed by atoms with Gasteiger partial charge >= 0.3 is 0 Å². The third-order valence-electron chi connectivity index (χ3n) is 10.5. The van der Waals surface area contributed by atoms with Gasteiger partial charge in [-0.15, -0.1) is 0 Å². The van der Waals surface area contributed by atoms with Gasteiger partial charge in [-0.2, -0.15) is 0 Å². The van der Waals surface area contributed by atoms with Gasteiger partial charge in [0.15, 0.2) is 23.0 Å². The first-order valence-electron chi connectivity index (χ1n) is 16.8. The molecule has 0 aliphatic carbocycles. The Balaban J connectivity index is 1.48. The molecule has 1 aromatic heterocycles. The van der Waals surface area contributed by atoms with Gasteiger partial charge in [0.2, 0.25) is 23.0 Å². The molecule has 0 saturated carbocycles. The highest BCUT2D eigenvalue weighted by molar-refractivity contribution is 6.29. The Hall–Kier alpha value is -7.26. The summed E-state index contributed by atoms with van der Waals surface area (Å²) in [5.41, 5.74) is 5.76. The van der Waals surface area contributed by atoms with Gasteiger partial charge in [0.05, 0.1) is 0 Å². The molecule has 1 heterocycles. The number of rotatable bonds is 3. The van der Waals surface area contributed by atoms with Crippen molar-refractivity contribution >= 4 is 54.1 Å². The minimum absolute atomic E-state index is 0.00190. The van der Waals surface area contributed by atoms with E-state index in [0.29, 0.717) is 16.6 Å². The number of nitrogens with one attached hydrogen (secondary N) is 1. The number of aromatic hydroxyl groups is 8. The lowest BCUT2D eigenvalue weighted by Gasteiger charge is -2.23. The predicted octanol–water partition coefficient (Wildman–Crippen LogP) is 10.0. The highest BCUT2D eigenvalue weighted by Gasteiger charge is 2.32. The summed E-state index contributed by atoms with van der Waals surface area (Å²) < 4.78 is 0. The molecular formula is C44H31NO8. The minimum Gasteiger partial charge on any atom is -0.504 e. The van der Waals surface area contributed by atoms with Crippen molar-refractivity contribution in [3.05, 3.63) is 108 Å². The third-order valence-corrected chi connectivity index (χ3v) is 10.5. The van der Waals surface area contributed by atoms with Crippen molar-refractivity contribution < 1.29 is 40.9 Å². The maximum Gasteiger partial charge on any atom is 0.204 e. The Kier molecular flexibility index (Phi) is 6.65. The fourth-order valence-electron chi connectivity index (χ4n) is 7.97. The van der Waals surface area contributed by atoms with Crippen LogP contribution in [0.15, 0.2) is 97.1 Å². The second-order valence-corrected chi connectivity index (χ2v) is 13.5. The molecule has 53 heavy (non-hydrogen) atoms. The lowest BCUT2D eigenvalue weighted by Crippen LogP contribution is -1.95. The van der Waals surface area contributed by atoms with Crippen molar-refractivity contribution in [3.8, 4) is 79.4 Å². The van der Waals surface area contributed by atoms with Gasteiger partial charge < -0.3 is 45.8 Å². The molecule has 9 N–H and O–H groups in total. The van der Waals surface area contributed by atoms with Gasteiger partial charge in [-0.25, -0.2) is 0 Å². The number of phenolic OH excluding ortho intramolecular Hbond substituents is 8. The molecule has 9 aromatic rings. The number of fused-ring (bicyclic) bond motifs is 7. The van der Waals surface area contributed by atoms with Crippen molar-refractivity contribution in [1.29, 1.82) is 0 Å². The lowest BCUT2D eigenvalue weighted by molar-refractivity contribution is 0.350. The van der Waals surface area contributed by atoms with Crippen molar-refractivity contribution in [3.63, 3.8) is 0 Å². The van der Waals surface area contributed by atoms with Crippen LogP contribution in [0.5, 0.6) is 46.0 Å². The van der Waals surface area contributed by atoms with Crippen LogP contribution in [0.25, 0.3) is 87.5 Å². The molecule has 0 aliphatic heterocycles. The highest BCUT2D eigenvalue weighted by atomic mass is 16.4. The van der Waals surface area contributed by atoms with E-state index in [4.69, 9.17) is 0 Å². The standard InChI is InChI=1S/C44H31NO8/c1-19-7-3-5-9-24(19)27-17-22(12-11-20(27)2)30-33-35(39(48)43(52)41(50)37(33)46)31(36-34(30)38(47)42(51)44(53)40(36)49)23-13-15-26-29(18-23)45-28-16-14-21-8-4-6-10-25(21)32(26)28/h3-18,45-53H,1-2H3. The van der Waals surface area contributed by atoms with E-state index in [2.05, 4.69) is 4.98 Å². The smallest absolute Gasteiger partial charge is 0.204 e. The van der Waals surface area contributed by atoms with E-state index in [1.165, 1.54) is 0 Å². The zero-order valence-electron chi connectivity index (χ0n) is 28.3. The maximum atomic E-state index is 11.7. The Morgan fingerprint density at radius 3 is 1.49 bits per heavy atom. The van der Waals surface area contributed by atoms with Crippen LogP contribution in [-0.4, -0.2) is 45.8 Å². The van der Waals surface area contributed by atoms with Crippen LogP contribution in [0, 0.1) is 13.8 Å². The number of H-pyrrole nitrogens is 1. The van der Waals surface area contributed by atoms with Crippen LogP contribution < -0.4 is 0 Å². The number of benzene rings is 8. The molecule has 0 fully saturated rings. The third kappa shape index (κ3) is 4.31. The normalized spacial score (nSPS) is 11.8. The van der Waals surface area contributed by atoms with Crippen molar-refractivity contribution in [2.24, 2.45) is 0 Å². The van der Waals surface area contributed by atoms with Crippen LogP contribution in [0.2, 0.25) is 0 Å². The second kappa shape index (κ2) is 11.1.